The Balaban J connectivity index is 1.10. The average molecular weight is 752 g/mol. The second-order valence-corrected chi connectivity index (χ2v) is 15.6. The molecule has 0 amide bonds. The molecule has 10 aromatic carbocycles. The highest BCUT2D eigenvalue weighted by atomic mass is 16.3. The molecule has 0 radical (unpaired) electrons. The minimum Gasteiger partial charge on any atom is -0.456 e. The first-order chi connectivity index (χ1) is 29.2. The molecule has 0 saturated heterocycles. The highest BCUT2D eigenvalue weighted by molar-refractivity contribution is 6.39. The normalized spacial score (nSPS) is 12.4. The average Bonchev–Trinajstić information content (AvgIpc) is 3.97. The van der Waals surface area contributed by atoms with Crippen LogP contribution < -0.4 is 0 Å². The number of hydrogen-bond acceptors (Lipinski definition) is 4. The smallest absolute Gasteiger partial charge is 0.180 e. The fourth-order valence-electron chi connectivity index (χ4n) is 9.99. The zero-order valence-corrected chi connectivity index (χ0v) is 31.4. The molecule has 4 aromatic heterocycles. The maximum Gasteiger partial charge on any atom is 0.180 e. The minimum absolute atomic E-state index is 0.638. The topological polar surface area (TPSA) is 57.0 Å². The fraction of sp³-hybridized carbons (Fsp3) is 0. The van der Waals surface area contributed by atoms with Crippen LogP contribution in [-0.2, 0) is 0 Å². The van der Waals surface area contributed by atoms with Gasteiger partial charge in [0.05, 0.1) is 11.0 Å². The van der Waals surface area contributed by atoms with Crippen LogP contribution in [0, 0.1) is 0 Å². The molecule has 5 heteroatoms. The summed E-state index contributed by atoms with van der Waals surface area (Å²) in [6.45, 7) is 0. The molecule has 0 aliphatic carbocycles. The van der Waals surface area contributed by atoms with E-state index in [4.69, 9.17) is 18.8 Å². The molecule has 4 heterocycles. The Morgan fingerprint density at radius 2 is 1.03 bits per heavy atom. The zero-order chi connectivity index (χ0) is 38.3. The third-order valence-electron chi connectivity index (χ3n) is 12.5. The first-order valence-electron chi connectivity index (χ1n) is 20.0. The molecule has 272 valence electrons. The Bertz CT molecular complexity index is 4090. The van der Waals surface area contributed by atoms with Gasteiger partial charge in [0.2, 0.25) is 0 Å². The van der Waals surface area contributed by atoms with Gasteiger partial charge in [-0.1, -0.05) is 115 Å². The number of para-hydroxylation sites is 2. The van der Waals surface area contributed by atoms with Crippen LogP contribution in [0.3, 0.4) is 0 Å². The molecule has 0 unspecified atom stereocenters. The van der Waals surface area contributed by atoms with E-state index in [0.29, 0.717) is 11.4 Å². The van der Waals surface area contributed by atoms with E-state index < -0.39 is 0 Å². The Morgan fingerprint density at radius 1 is 0.390 bits per heavy atom. The number of furan rings is 2. The first-order valence-corrected chi connectivity index (χ1v) is 20.0. The molecule has 5 nitrogen and oxygen atoms in total. The summed E-state index contributed by atoms with van der Waals surface area (Å²) in [4.78, 5) is 10.9. The summed E-state index contributed by atoms with van der Waals surface area (Å²) in [6.07, 6.45) is 0. The second-order valence-electron chi connectivity index (χ2n) is 15.6. The van der Waals surface area contributed by atoms with Gasteiger partial charge in [-0.05, 0) is 98.4 Å². The second kappa shape index (κ2) is 11.3. The SMILES string of the molecule is c1ccc2c(-c3nc(-c4ccc5oc6ccccc6c5c4)c4oc5ccccc5c4n3)cc(-n3c4cccc5c6ccccc6c6c7ccccc7cc3c6c54)cc2c1. The van der Waals surface area contributed by atoms with Crippen molar-refractivity contribution in [3.05, 3.63) is 176 Å². The van der Waals surface area contributed by atoms with Gasteiger partial charge in [-0.25, -0.2) is 9.97 Å². The summed E-state index contributed by atoms with van der Waals surface area (Å²) < 4.78 is 15.3. The van der Waals surface area contributed by atoms with Gasteiger partial charge < -0.3 is 13.4 Å². The Hall–Kier alpha value is -8.02. The monoisotopic (exact) mass is 751 g/mol. The lowest BCUT2D eigenvalue weighted by Gasteiger charge is -2.14. The fourth-order valence-corrected chi connectivity index (χ4v) is 9.99. The van der Waals surface area contributed by atoms with Crippen LogP contribution in [0.1, 0.15) is 0 Å². The van der Waals surface area contributed by atoms with Crippen LogP contribution in [0.5, 0.6) is 0 Å². The maximum absolute atomic E-state index is 6.61. The van der Waals surface area contributed by atoms with E-state index >= 15 is 0 Å². The highest BCUT2D eigenvalue weighted by Crippen LogP contribution is 2.47. The van der Waals surface area contributed by atoms with E-state index in [0.717, 1.165) is 71.7 Å². The van der Waals surface area contributed by atoms with Crippen molar-refractivity contribution in [2.24, 2.45) is 0 Å². The molecule has 0 aliphatic rings. The number of fused-ring (bicyclic) bond motifs is 12. The van der Waals surface area contributed by atoms with Crippen LogP contribution in [0.15, 0.2) is 185 Å². The summed E-state index contributed by atoms with van der Waals surface area (Å²) in [6, 6.07) is 62.5. The summed E-state index contributed by atoms with van der Waals surface area (Å²) >= 11 is 0. The van der Waals surface area contributed by atoms with Crippen LogP contribution in [0.4, 0.5) is 0 Å². The molecule has 0 aliphatic heterocycles. The van der Waals surface area contributed by atoms with Crippen LogP contribution in [0.2, 0.25) is 0 Å². The zero-order valence-electron chi connectivity index (χ0n) is 31.4. The molecule has 0 saturated carbocycles. The van der Waals surface area contributed by atoms with E-state index in [-0.39, 0.29) is 0 Å². The molecule has 0 atom stereocenters. The lowest BCUT2D eigenvalue weighted by Crippen LogP contribution is -1.98. The lowest BCUT2D eigenvalue weighted by atomic mass is 9.91. The summed E-state index contributed by atoms with van der Waals surface area (Å²) in [5.74, 6) is 0.638. The molecular formula is C54H29N3O2. The quantitative estimate of drug-likeness (QED) is 0.169. The minimum atomic E-state index is 0.638. The molecule has 14 rings (SSSR count). The van der Waals surface area contributed by atoms with Crippen molar-refractivity contribution in [1.82, 2.24) is 14.5 Å². The van der Waals surface area contributed by atoms with Gasteiger partial charge in [0, 0.05) is 49.1 Å². The first kappa shape index (κ1) is 31.1. The van der Waals surface area contributed by atoms with E-state index in [1.807, 2.05) is 42.5 Å². The number of aromatic nitrogens is 3. The van der Waals surface area contributed by atoms with Gasteiger partial charge in [-0.2, -0.15) is 0 Å². The number of hydrogen-bond donors (Lipinski definition) is 0. The number of nitrogens with zero attached hydrogens (tertiary/aromatic N) is 3. The third kappa shape index (κ3) is 4.18. The predicted molar refractivity (Wildman–Crippen MR) is 243 cm³/mol. The Labute approximate surface area is 335 Å². The van der Waals surface area contributed by atoms with E-state index in [2.05, 4.69) is 138 Å². The molecule has 0 N–H and O–H groups in total. The van der Waals surface area contributed by atoms with Crippen molar-refractivity contribution in [3.63, 3.8) is 0 Å². The van der Waals surface area contributed by atoms with Gasteiger partial charge in [-0.3, -0.25) is 0 Å². The van der Waals surface area contributed by atoms with Gasteiger partial charge in [-0.15, -0.1) is 0 Å². The number of benzene rings is 10. The van der Waals surface area contributed by atoms with E-state index in [1.165, 1.54) is 54.1 Å². The van der Waals surface area contributed by atoms with Crippen molar-refractivity contribution in [2.75, 3.05) is 0 Å². The van der Waals surface area contributed by atoms with Gasteiger partial charge in [0.15, 0.2) is 11.4 Å². The van der Waals surface area contributed by atoms with Crippen LogP contribution in [0.25, 0.3) is 137 Å². The van der Waals surface area contributed by atoms with Crippen LogP contribution >= 0.6 is 0 Å². The van der Waals surface area contributed by atoms with Gasteiger partial charge in [0.25, 0.3) is 0 Å². The summed E-state index contributed by atoms with van der Waals surface area (Å²) in [5.41, 5.74) is 9.94. The van der Waals surface area contributed by atoms with Gasteiger partial charge in [0.1, 0.15) is 28.0 Å². The van der Waals surface area contributed by atoms with Crippen molar-refractivity contribution in [2.45, 2.75) is 0 Å². The van der Waals surface area contributed by atoms with Crippen molar-refractivity contribution >= 4 is 109 Å². The molecule has 14 aromatic rings. The van der Waals surface area contributed by atoms with Crippen LogP contribution in [-0.4, -0.2) is 14.5 Å². The third-order valence-corrected chi connectivity index (χ3v) is 12.5. The number of rotatable bonds is 3. The molecule has 0 spiro atoms. The Morgan fingerprint density at radius 3 is 1.88 bits per heavy atom. The standard InChI is InChI=1S/C54H29N3O2/c1-3-14-34-30(12-1)26-33(57-43-21-11-20-39-36-16-5-6-18-38(36)48-35-15-4-2-13-31(35)28-44(57)50(48)49(39)43)29-42(34)54-55-51(53-52(56-54)40-19-8-10-23-46(40)59-53)32-24-25-47-41(27-32)37-17-7-9-22-45(37)58-47/h1-29H. The van der Waals surface area contributed by atoms with Gasteiger partial charge >= 0.3 is 0 Å². The molecule has 0 bridgehead atoms. The molecular weight excluding hydrogens is 723 g/mol. The van der Waals surface area contributed by atoms with Crippen molar-refractivity contribution < 1.29 is 8.83 Å². The molecule has 59 heavy (non-hydrogen) atoms. The Kier molecular flexibility index (Phi) is 5.96. The highest BCUT2D eigenvalue weighted by Gasteiger charge is 2.24. The van der Waals surface area contributed by atoms with E-state index in [1.54, 1.807) is 0 Å². The largest absolute Gasteiger partial charge is 0.456 e. The van der Waals surface area contributed by atoms with Crippen molar-refractivity contribution in [3.8, 4) is 28.3 Å². The molecule has 0 fully saturated rings. The van der Waals surface area contributed by atoms with E-state index in [9.17, 15) is 0 Å². The predicted octanol–water partition coefficient (Wildman–Crippen LogP) is 14.8. The van der Waals surface area contributed by atoms with Crippen molar-refractivity contribution in [1.29, 1.82) is 0 Å². The lowest BCUT2D eigenvalue weighted by molar-refractivity contribution is 0.666. The maximum atomic E-state index is 6.61. The summed E-state index contributed by atoms with van der Waals surface area (Å²) in [7, 11) is 0. The summed E-state index contributed by atoms with van der Waals surface area (Å²) in [5, 5.41) is 15.4.